The van der Waals surface area contributed by atoms with Gasteiger partial charge in [0, 0.05) is 54.0 Å². The molecule has 0 aliphatic heterocycles. The number of aryl methyl sites for hydroxylation is 1. The minimum Gasteiger partial charge on any atom is -0.395 e. The van der Waals surface area contributed by atoms with Gasteiger partial charge in [-0.1, -0.05) is 36.8 Å². The van der Waals surface area contributed by atoms with Crippen molar-refractivity contribution in [2.75, 3.05) is 6.61 Å². The molecule has 4 rings (SSSR count). The van der Waals surface area contributed by atoms with Crippen LogP contribution in [0.3, 0.4) is 0 Å². The number of aliphatic hydroxyl groups excluding tert-OH is 1. The number of aromatic nitrogens is 2. The molecule has 2 aromatic heterocycles. The Kier molecular flexibility index (Phi) is 6.77. The van der Waals surface area contributed by atoms with Crippen molar-refractivity contribution >= 4 is 21.7 Å². The average molecular weight is 402 g/mol. The molecule has 0 bridgehead atoms. The summed E-state index contributed by atoms with van der Waals surface area (Å²) < 4.78 is 2.18. The van der Waals surface area contributed by atoms with Gasteiger partial charge in [0.2, 0.25) is 0 Å². The van der Waals surface area contributed by atoms with Gasteiger partial charge in [0.1, 0.15) is 0 Å². The number of benzene rings is 2. The first kappa shape index (κ1) is 20.6. The first-order valence-electron chi connectivity index (χ1n) is 11.0. The lowest BCUT2D eigenvalue weighted by Crippen LogP contribution is -2.25. The van der Waals surface area contributed by atoms with Crippen molar-refractivity contribution in [2.45, 2.75) is 51.7 Å². The SMILES string of the molecule is C[C@H](CCCCc1cn(CCO)c2ccccc12)NCc1ccc2cnccc2c1. The van der Waals surface area contributed by atoms with E-state index in [1.54, 1.807) is 0 Å². The number of aliphatic hydroxyl groups is 1. The predicted octanol–water partition coefficient (Wildman–Crippen LogP) is 5.07. The molecule has 0 spiro atoms. The van der Waals surface area contributed by atoms with Gasteiger partial charge in [0.15, 0.2) is 0 Å². The molecule has 4 heteroatoms. The Morgan fingerprint density at radius 3 is 2.87 bits per heavy atom. The molecule has 0 saturated heterocycles. The number of hydrogen-bond acceptors (Lipinski definition) is 3. The van der Waals surface area contributed by atoms with Gasteiger partial charge >= 0.3 is 0 Å². The molecule has 156 valence electrons. The van der Waals surface area contributed by atoms with Gasteiger partial charge in [0.25, 0.3) is 0 Å². The van der Waals surface area contributed by atoms with E-state index in [9.17, 15) is 5.11 Å². The van der Waals surface area contributed by atoms with Crippen LogP contribution in [0.5, 0.6) is 0 Å². The number of hydrogen-bond donors (Lipinski definition) is 2. The predicted molar refractivity (Wildman–Crippen MR) is 125 cm³/mol. The highest BCUT2D eigenvalue weighted by Gasteiger charge is 2.08. The molecule has 0 aliphatic carbocycles. The first-order chi connectivity index (χ1) is 14.7. The molecule has 0 aliphatic rings. The monoisotopic (exact) mass is 401 g/mol. The molecule has 0 saturated carbocycles. The second-order valence-corrected chi connectivity index (χ2v) is 8.17. The third-order valence-corrected chi connectivity index (χ3v) is 5.90. The Bertz CT molecular complexity index is 1100. The fourth-order valence-electron chi connectivity index (χ4n) is 4.22. The minimum absolute atomic E-state index is 0.176. The van der Waals surface area contributed by atoms with E-state index in [0.29, 0.717) is 12.6 Å². The first-order valence-corrected chi connectivity index (χ1v) is 11.0. The van der Waals surface area contributed by atoms with Gasteiger partial charge in [-0.15, -0.1) is 0 Å². The van der Waals surface area contributed by atoms with Gasteiger partial charge in [-0.25, -0.2) is 0 Å². The zero-order valence-electron chi connectivity index (χ0n) is 17.7. The van der Waals surface area contributed by atoms with Crippen LogP contribution >= 0.6 is 0 Å². The normalized spacial score (nSPS) is 12.6. The van der Waals surface area contributed by atoms with Crippen LogP contribution in [0.15, 0.2) is 67.1 Å². The standard InChI is InChI=1S/C26H31N3O/c1-20(28-17-21-10-11-23-18-27-13-12-22(23)16-21)6-2-3-7-24-19-29(14-15-30)26-9-5-4-8-25(24)26/h4-5,8-13,16,18-20,28,30H,2-3,6-7,14-15,17H2,1H3/t20-/m1/s1. The van der Waals surface area contributed by atoms with Gasteiger partial charge in [-0.3, -0.25) is 4.98 Å². The number of rotatable bonds is 10. The van der Waals surface area contributed by atoms with Gasteiger partial charge in [0.05, 0.1) is 6.61 Å². The van der Waals surface area contributed by atoms with Crippen molar-refractivity contribution in [1.82, 2.24) is 14.9 Å². The quantitative estimate of drug-likeness (QED) is 0.365. The Labute approximate surface area is 178 Å². The van der Waals surface area contributed by atoms with Gasteiger partial charge in [-0.05, 0) is 60.9 Å². The molecule has 0 radical (unpaired) electrons. The molecule has 2 N–H and O–H groups in total. The highest BCUT2D eigenvalue weighted by atomic mass is 16.3. The van der Waals surface area contributed by atoms with E-state index in [4.69, 9.17) is 0 Å². The van der Waals surface area contributed by atoms with Crippen LogP contribution < -0.4 is 5.32 Å². The van der Waals surface area contributed by atoms with Gasteiger partial charge < -0.3 is 15.0 Å². The van der Waals surface area contributed by atoms with Gasteiger partial charge in [-0.2, -0.15) is 0 Å². The minimum atomic E-state index is 0.176. The summed E-state index contributed by atoms with van der Waals surface area (Å²) in [5.41, 5.74) is 3.94. The molecular formula is C26H31N3O. The number of nitrogens with zero attached hydrogens (tertiary/aromatic N) is 2. The van der Waals surface area contributed by atoms with E-state index in [2.05, 4.69) is 76.5 Å². The average Bonchev–Trinajstić information content (AvgIpc) is 3.13. The van der Waals surface area contributed by atoms with Crippen LogP contribution in [0, 0.1) is 0 Å². The third-order valence-electron chi connectivity index (χ3n) is 5.90. The maximum absolute atomic E-state index is 9.32. The molecule has 4 nitrogen and oxygen atoms in total. The summed E-state index contributed by atoms with van der Waals surface area (Å²) in [6, 6.07) is 17.7. The summed E-state index contributed by atoms with van der Waals surface area (Å²) in [5, 5.41) is 16.7. The van der Waals surface area contributed by atoms with E-state index in [1.165, 1.54) is 52.1 Å². The summed E-state index contributed by atoms with van der Waals surface area (Å²) in [6.07, 6.45) is 10.6. The van der Waals surface area contributed by atoms with Crippen LogP contribution in [-0.2, 0) is 19.5 Å². The van der Waals surface area contributed by atoms with Crippen molar-refractivity contribution in [3.05, 3.63) is 78.2 Å². The number of unbranched alkanes of at least 4 members (excludes halogenated alkanes) is 1. The van der Waals surface area contributed by atoms with Crippen LogP contribution in [0.1, 0.15) is 37.3 Å². The van der Waals surface area contributed by atoms with Crippen LogP contribution in [-0.4, -0.2) is 27.3 Å². The topological polar surface area (TPSA) is 50.1 Å². The Morgan fingerprint density at radius 2 is 1.97 bits per heavy atom. The zero-order valence-corrected chi connectivity index (χ0v) is 17.7. The van der Waals surface area contributed by atoms with E-state index >= 15 is 0 Å². The summed E-state index contributed by atoms with van der Waals surface area (Å²) >= 11 is 0. The number of pyridine rings is 1. The smallest absolute Gasteiger partial charge is 0.0610 e. The lowest BCUT2D eigenvalue weighted by molar-refractivity contribution is 0.278. The summed E-state index contributed by atoms with van der Waals surface area (Å²) in [4.78, 5) is 4.18. The van der Waals surface area contributed by atoms with E-state index in [1.807, 2.05) is 12.4 Å². The van der Waals surface area contributed by atoms with E-state index < -0.39 is 0 Å². The van der Waals surface area contributed by atoms with Crippen molar-refractivity contribution in [1.29, 1.82) is 0 Å². The van der Waals surface area contributed by atoms with Crippen molar-refractivity contribution in [2.24, 2.45) is 0 Å². The van der Waals surface area contributed by atoms with Crippen LogP contribution in [0.4, 0.5) is 0 Å². The lowest BCUT2D eigenvalue weighted by Gasteiger charge is -2.14. The molecule has 2 heterocycles. The van der Waals surface area contributed by atoms with E-state index in [-0.39, 0.29) is 6.61 Å². The zero-order chi connectivity index (χ0) is 20.8. The Hall–Kier alpha value is -2.69. The lowest BCUT2D eigenvalue weighted by atomic mass is 10.0. The molecule has 0 unspecified atom stereocenters. The summed E-state index contributed by atoms with van der Waals surface area (Å²) in [5.74, 6) is 0. The molecule has 0 fully saturated rings. The van der Waals surface area contributed by atoms with E-state index in [0.717, 1.165) is 13.0 Å². The fourth-order valence-corrected chi connectivity index (χ4v) is 4.22. The molecule has 4 aromatic rings. The maximum Gasteiger partial charge on any atom is 0.0610 e. The van der Waals surface area contributed by atoms with Crippen LogP contribution in [0.2, 0.25) is 0 Å². The van der Waals surface area contributed by atoms with Crippen molar-refractivity contribution in [3.63, 3.8) is 0 Å². The summed E-state index contributed by atoms with van der Waals surface area (Å²) in [6.45, 7) is 4.01. The van der Waals surface area contributed by atoms with Crippen LogP contribution in [0.25, 0.3) is 21.7 Å². The fraction of sp³-hybridized carbons (Fsp3) is 0.346. The Balaban J connectivity index is 1.25. The number of para-hydroxylation sites is 1. The molecule has 0 amide bonds. The summed E-state index contributed by atoms with van der Waals surface area (Å²) in [7, 11) is 0. The third kappa shape index (κ3) is 4.89. The van der Waals surface area contributed by atoms with Crippen molar-refractivity contribution in [3.8, 4) is 0 Å². The molecule has 2 aromatic carbocycles. The molecule has 30 heavy (non-hydrogen) atoms. The number of fused-ring (bicyclic) bond motifs is 2. The Morgan fingerprint density at radius 1 is 1.07 bits per heavy atom. The van der Waals surface area contributed by atoms with Crippen molar-refractivity contribution < 1.29 is 5.11 Å². The number of nitrogens with one attached hydrogen (secondary N) is 1. The highest BCUT2D eigenvalue weighted by Crippen LogP contribution is 2.23. The second-order valence-electron chi connectivity index (χ2n) is 8.17. The maximum atomic E-state index is 9.32. The molecule has 1 atom stereocenters. The second kappa shape index (κ2) is 9.88. The highest BCUT2D eigenvalue weighted by molar-refractivity contribution is 5.84. The largest absolute Gasteiger partial charge is 0.395 e. The molecular weight excluding hydrogens is 370 g/mol.